The molecular formula is C20H16N2O3. The lowest BCUT2D eigenvalue weighted by atomic mass is 9.98. The van der Waals surface area contributed by atoms with Crippen molar-refractivity contribution in [3.63, 3.8) is 0 Å². The van der Waals surface area contributed by atoms with Crippen LogP contribution >= 0.6 is 0 Å². The summed E-state index contributed by atoms with van der Waals surface area (Å²) in [6, 6.07) is 16.2. The van der Waals surface area contributed by atoms with E-state index in [-0.39, 0.29) is 18.9 Å². The number of aliphatic carboxylic acids is 1. The molecule has 0 aliphatic carbocycles. The molecule has 0 unspecified atom stereocenters. The molecular weight excluding hydrogens is 316 g/mol. The highest BCUT2D eigenvalue weighted by atomic mass is 16.4. The predicted octanol–water partition coefficient (Wildman–Crippen LogP) is 2.89. The Kier molecular flexibility index (Phi) is 3.69. The highest BCUT2D eigenvalue weighted by molar-refractivity contribution is 6.00. The molecule has 4 rings (SSSR count). The standard InChI is InChI=1S/C20H16N2O3/c23-19-16-9-4-10-21-17(16)12-22(19)18(20(24)25)11-14-7-3-6-13-5-1-2-8-15(13)14/h1-10,18H,11-12H2,(H,24,25)/t18-/m0/s1. The highest BCUT2D eigenvalue weighted by Gasteiger charge is 2.37. The van der Waals surface area contributed by atoms with Gasteiger partial charge in [0.1, 0.15) is 6.04 Å². The summed E-state index contributed by atoms with van der Waals surface area (Å²) in [5, 5.41) is 11.8. The molecule has 0 bridgehead atoms. The quantitative estimate of drug-likeness (QED) is 0.797. The molecule has 25 heavy (non-hydrogen) atoms. The van der Waals surface area contributed by atoms with E-state index in [4.69, 9.17) is 0 Å². The number of aromatic nitrogens is 1. The zero-order valence-corrected chi connectivity index (χ0v) is 13.4. The van der Waals surface area contributed by atoms with Crippen molar-refractivity contribution in [3.8, 4) is 0 Å². The molecule has 5 heteroatoms. The topological polar surface area (TPSA) is 70.5 Å². The summed E-state index contributed by atoms with van der Waals surface area (Å²) in [5.74, 6) is -1.27. The Balaban J connectivity index is 1.69. The molecule has 1 aliphatic heterocycles. The Morgan fingerprint density at radius 1 is 1.12 bits per heavy atom. The first-order valence-electron chi connectivity index (χ1n) is 8.09. The van der Waals surface area contributed by atoms with Gasteiger partial charge in [-0.25, -0.2) is 4.79 Å². The number of fused-ring (bicyclic) bond motifs is 2. The Labute approximate surface area is 144 Å². The fourth-order valence-electron chi connectivity index (χ4n) is 3.41. The van der Waals surface area contributed by atoms with Crippen LogP contribution in [0.25, 0.3) is 10.8 Å². The summed E-state index contributed by atoms with van der Waals surface area (Å²) in [4.78, 5) is 30.1. The average Bonchev–Trinajstić information content (AvgIpc) is 2.96. The van der Waals surface area contributed by atoms with Crippen LogP contribution in [0.3, 0.4) is 0 Å². The summed E-state index contributed by atoms with van der Waals surface area (Å²) < 4.78 is 0. The third-order valence-corrected chi connectivity index (χ3v) is 4.66. The molecule has 1 atom stereocenters. The lowest BCUT2D eigenvalue weighted by molar-refractivity contribution is -0.142. The molecule has 0 radical (unpaired) electrons. The zero-order valence-electron chi connectivity index (χ0n) is 13.4. The molecule has 0 fully saturated rings. The van der Waals surface area contributed by atoms with Gasteiger partial charge in [0.05, 0.1) is 17.8 Å². The van der Waals surface area contributed by atoms with Crippen LogP contribution in [-0.2, 0) is 17.8 Å². The maximum absolute atomic E-state index is 12.6. The van der Waals surface area contributed by atoms with Crippen LogP contribution in [0.2, 0.25) is 0 Å². The molecule has 1 N–H and O–H groups in total. The van der Waals surface area contributed by atoms with Crippen molar-refractivity contribution in [2.75, 3.05) is 0 Å². The van der Waals surface area contributed by atoms with Crippen LogP contribution in [0.1, 0.15) is 21.6 Å². The van der Waals surface area contributed by atoms with Gasteiger partial charge in [-0.15, -0.1) is 0 Å². The second kappa shape index (κ2) is 6.02. The molecule has 124 valence electrons. The number of nitrogens with zero attached hydrogens (tertiary/aromatic N) is 2. The van der Waals surface area contributed by atoms with Gasteiger partial charge in [0.2, 0.25) is 0 Å². The highest BCUT2D eigenvalue weighted by Crippen LogP contribution is 2.26. The van der Waals surface area contributed by atoms with E-state index in [1.165, 1.54) is 4.90 Å². The van der Waals surface area contributed by atoms with Crippen molar-refractivity contribution in [1.29, 1.82) is 0 Å². The van der Waals surface area contributed by atoms with Gasteiger partial charge < -0.3 is 10.0 Å². The van der Waals surface area contributed by atoms with E-state index >= 15 is 0 Å². The van der Waals surface area contributed by atoms with E-state index in [9.17, 15) is 14.7 Å². The van der Waals surface area contributed by atoms with Crippen LogP contribution in [0.15, 0.2) is 60.8 Å². The van der Waals surface area contributed by atoms with Crippen molar-refractivity contribution >= 4 is 22.6 Å². The van der Waals surface area contributed by atoms with Gasteiger partial charge in [-0.05, 0) is 28.5 Å². The van der Waals surface area contributed by atoms with E-state index in [0.717, 1.165) is 16.3 Å². The zero-order chi connectivity index (χ0) is 17.4. The van der Waals surface area contributed by atoms with Gasteiger partial charge in [-0.1, -0.05) is 42.5 Å². The fourth-order valence-corrected chi connectivity index (χ4v) is 3.41. The molecule has 1 amide bonds. The number of hydrogen-bond donors (Lipinski definition) is 1. The monoisotopic (exact) mass is 332 g/mol. The van der Waals surface area contributed by atoms with E-state index in [1.54, 1.807) is 18.3 Å². The van der Waals surface area contributed by atoms with Crippen molar-refractivity contribution in [2.24, 2.45) is 0 Å². The van der Waals surface area contributed by atoms with Crippen molar-refractivity contribution in [1.82, 2.24) is 9.88 Å². The molecule has 2 heterocycles. The van der Waals surface area contributed by atoms with Crippen LogP contribution in [0, 0.1) is 0 Å². The number of amides is 1. The number of carbonyl (C=O) groups excluding carboxylic acids is 1. The minimum atomic E-state index is -1.01. The largest absolute Gasteiger partial charge is 0.480 e. The van der Waals surface area contributed by atoms with Crippen LogP contribution in [0.4, 0.5) is 0 Å². The van der Waals surface area contributed by atoms with Gasteiger partial charge in [0, 0.05) is 12.6 Å². The first-order chi connectivity index (χ1) is 12.1. The SMILES string of the molecule is O=C(O)[C@H](Cc1cccc2ccccc12)N1Cc2ncccc2C1=O. The Morgan fingerprint density at radius 2 is 1.92 bits per heavy atom. The number of benzene rings is 2. The molecule has 0 saturated carbocycles. The van der Waals surface area contributed by atoms with Gasteiger partial charge in [0.15, 0.2) is 0 Å². The van der Waals surface area contributed by atoms with Crippen molar-refractivity contribution in [3.05, 3.63) is 77.6 Å². The molecule has 2 aromatic carbocycles. The van der Waals surface area contributed by atoms with E-state index in [0.29, 0.717) is 11.3 Å². The minimum absolute atomic E-state index is 0.233. The van der Waals surface area contributed by atoms with Crippen molar-refractivity contribution < 1.29 is 14.7 Å². The first kappa shape index (κ1) is 15.3. The van der Waals surface area contributed by atoms with E-state index in [2.05, 4.69) is 4.98 Å². The van der Waals surface area contributed by atoms with Gasteiger partial charge in [-0.3, -0.25) is 9.78 Å². The number of carboxylic acid groups (broad SMARTS) is 1. The predicted molar refractivity (Wildman–Crippen MR) is 93.2 cm³/mol. The fraction of sp³-hybridized carbons (Fsp3) is 0.150. The number of carboxylic acids is 1. The lowest BCUT2D eigenvalue weighted by Gasteiger charge is -2.24. The second-order valence-corrected chi connectivity index (χ2v) is 6.13. The molecule has 5 nitrogen and oxygen atoms in total. The molecule has 1 aromatic heterocycles. The van der Waals surface area contributed by atoms with Crippen LogP contribution < -0.4 is 0 Å². The molecule has 3 aromatic rings. The number of pyridine rings is 1. The Morgan fingerprint density at radius 3 is 2.72 bits per heavy atom. The third kappa shape index (κ3) is 2.63. The summed E-state index contributed by atoms with van der Waals surface area (Å²) in [5.41, 5.74) is 2.05. The van der Waals surface area contributed by atoms with Gasteiger partial charge in [0.25, 0.3) is 5.91 Å². The Bertz CT molecular complexity index is 978. The molecule has 0 saturated heterocycles. The maximum Gasteiger partial charge on any atom is 0.326 e. The smallest absolute Gasteiger partial charge is 0.326 e. The van der Waals surface area contributed by atoms with Gasteiger partial charge >= 0.3 is 5.97 Å². The van der Waals surface area contributed by atoms with Crippen LogP contribution in [0.5, 0.6) is 0 Å². The third-order valence-electron chi connectivity index (χ3n) is 4.66. The molecule has 0 spiro atoms. The number of rotatable bonds is 4. The first-order valence-corrected chi connectivity index (χ1v) is 8.09. The van der Waals surface area contributed by atoms with Gasteiger partial charge in [-0.2, -0.15) is 0 Å². The average molecular weight is 332 g/mol. The van der Waals surface area contributed by atoms with Crippen LogP contribution in [-0.4, -0.2) is 32.9 Å². The minimum Gasteiger partial charge on any atom is -0.480 e. The van der Waals surface area contributed by atoms with E-state index < -0.39 is 12.0 Å². The summed E-state index contributed by atoms with van der Waals surface area (Å²) >= 11 is 0. The number of hydrogen-bond acceptors (Lipinski definition) is 3. The maximum atomic E-state index is 12.6. The molecule has 1 aliphatic rings. The van der Waals surface area contributed by atoms with Crippen molar-refractivity contribution in [2.45, 2.75) is 19.0 Å². The normalized spacial score (nSPS) is 14.6. The second-order valence-electron chi connectivity index (χ2n) is 6.13. The van der Waals surface area contributed by atoms with E-state index in [1.807, 2.05) is 42.5 Å². The number of carbonyl (C=O) groups is 2. The lowest BCUT2D eigenvalue weighted by Crippen LogP contribution is -2.42. The summed E-state index contributed by atoms with van der Waals surface area (Å²) in [6.07, 6.45) is 1.88. The Hall–Kier alpha value is -3.21. The summed E-state index contributed by atoms with van der Waals surface area (Å²) in [7, 11) is 0. The summed E-state index contributed by atoms with van der Waals surface area (Å²) in [6.45, 7) is 0.233.